The Bertz CT molecular complexity index is 1110. The summed E-state index contributed by atoms with van der Waals surface area (Å²) in [5.74, 6) is 2.77. The molecule has 3 N–H and O–H groups in total. The van der Waals surface area contributed by atoms with Crippen LogP contribution in [0.25, 0.3) is 0 Å². The smallest absolute Gasteiger partial charge is 0.240 e. The molecular formula is C19H21ClN6O3S. The van der Waals surface area contributed by atoms with E-state index in [1.165, 1.54) is 25.3 Å². The normalized spacial score (nSPS) is 11.2. The lowest BCUT2D eigenvalue weighted by molar-refractivity contribution is 0.414. The van der Waals surface area contributed by atoms with Gasteiger partial charge in [0.25, 0.3) is 0 Å². The first kappa shape index (κ1) is 21.8. The van der Waals surface area contributed by atoms with Gasteiger partial charge in [-0.15, -0.1) is 0 Å². The molecule has 3 rings (SSSR count). The number of hydrogen-bond donors (Lipinski definition) is 3. The van der Waals surface area contributed by atoms with Gasteiger partial charge < -0.3 is 15.4 Å². The summed E-state index contributed by atoms with van der Waals surface area (Å²) < 4.78 is 32.4. The van der Waals surface area contributed by atoms with Crippen molar-refractivity contribution in [2.24, 2.45) is 0 Å². The maximum absolute atomic E-state index is 12.4. The van der Waals surface area contributed by atoms with Crippen LogP contribution in [0.3, 0.4) is 0 Å². The SMILES string of the molecule is COc1ccc(S(=O)(=O)NCCNc2cc(Nc3ccccn3)nc(C)n2)cc1Cl. The van der Waals surface area contributed by atoms with Gasteiger partial charge in [0, 0.05) is 25.4 Å². The molecule has 0 unspecified atom stereocenters. The van der Waals surface area contributed by atoms with E-state index in [1.807, 2.05) is 18.2 Å². The summed E-state index contributed by atoms with van der Waals surface area (Å²) in [6.45, 7) is 2.24. The van der Waals surface area contributed by atoms with Gasteiger partial charge in [-0.3, -0.25) is 0 Å². The Morgan fingerprint density at radius 3 is 2.53 bits per heavy atom. The summed E-state index contributed by atoms with van der Waals surface area (Å²) in [5, 5.41) is 6.41. The van der Waals surface area contributed by atoms with E-state index < -0.39 is 10.0 Å². The summed E-state index contributed by atoms with van der Waals surface area (Å²) >= 11 is 6.01. The van der Waals surface area contributed by atoms with Crippen LogP contribution in [0.15, 0.2) is 53.6 Å². The fourth-order valence-corrected chi connectivity index (χ4v) is 3.94. The summed E-state index contributed by atoms with van der Waals surface area (Å²) in [7, 11) is -2.24. The number of nitrogens with one attached hydrogen (secondary N) is 3. The molecule has 0 atom stereocenters. The maximum atomic E-state index is 12.4. The summed E-state index contributed by atoms with van der Waals surface area (Å²) in [5.41, 5.74) is 0. The highest BCUT2D eigenvalue weighted by molar-refractivity contribution is 7.89. The number of nitrogens with zero attached hydrogens (tertiary/aromatic N) is 3. The van der Waals surface area contributed by atoms with E-state index in [4.69, 9.17) is 16.3 Å². The molecular weight excluding hydrogens is 428 g/mol. The van der Waals surface area contributed by atoms with Crippen molar-refractivity contribution in [3.63, 3.8) is 0 Å². The first-order valence-corrected chi connectivity index (χ1v) is 10.8. The Kier molecular flexibility index (Phi) is 7.03. The van der Waals surface area contributed by atoms with Crippen molar-refractivity contribution in [2.45, 2.75) is 11.8 Å². The molecule has 30 heavy (non-hydrogen) atoms. The van der Waals surface area contributed by atoms with Crippen LogP contribution in [0.2, 0.25) is 5.02 Å². The number of anilines is 3. The van der Waals surface area contributed by atoms with Gasteiger partial charge in [-0.1, -0.05) is 17.7 Å². The average Bonchev–Trinajstić information content (AvgIpc) is 2.71. The van der Waals surface area contributed by atoms with Gasteiger partial charge in [0.05, 0.1) is 17.0 Å². The number of benzene rings is 1. The highest BCUT2D eigenvalue weighted by atomic mass is 35.5. The third-order valence-electron chi connectivity index (χ3n) is 3.92. The molecule has 0 amide bonds. The van der Waals surface area contributed by atoms with Gasteiger partial charge in [-0.25, -0.2) is 28.1 Å². The molecule has 0 bridgehead atoms. The zero-order chi connectivity index (χ0) is 21.6. The molecule has 0 fully saturated rings. The van der Waals surface area contributed by atoms with Crippen LogP contribution in [-0.2, 0) is 10.0 Å². The largest absolute Gasteiger partial charge is 0.495 e. The highest BCUT2D eigenvalue weighted by Crippen LogP contribution is 2.26. The van der Waals surface area contributed by atoms with Crippen molar-refractivity contribution in [1.82, 2.24) is 19.7 Å². The molecule has 0 radical (unpaired) electrons. The molecule has 0 spiro atoms. The van der Waals surface area contributed by atoms with Gasteiger partial charge in [0.15, 0.2) is 0 Å². The van der Waals surface area contributed by atoms with Crippen molar-refractivity contribution < 1.29 is 13.2 Å². The topological polar surface area (TPSA) is 118 Å². The van der Waals surface area contributed by atoms with Crippen LogP contribution in [0.1, 0.15) is 5.82 Å². The third kappa shape index (κ3) is 5.78. The predicted molar refractivity (Wildman–Crippen MR) is 116 cm³/mol. The number of aryl methyl sites for hydroxylation is 1. The summed E-state index contributed by atoms with van der Waals surface area (Å²) in [4.78, 5) is 12.9. The maximum Gasteiger partial charge on any atom is 0.240 e. The summed E-state index contributed by atoms with van der Waals surface area (Å²) in [6, 6.07) is 11.5. The van der Waals surface area contributed by atoms with E-state index in [9.17, 15) is 8.42 Å². The minimum atomic E-state index is -3.70. The second kappa shape index (κ2) is 9.70. The zero-order valence-corrected chi connectivity index (χ0v) is 18.0. The average molecular weight is 449 g/mol. The van der Waals surface area contributed by atoms with Crippen LogP contribution >= 0.6 is 11.6 Å². The van der Waals surface area contributed by atoms with Gasteiger partial charge >= 0.3 is 0 Å². The molecule has 0 saturated heterocycles. The fraction of sp³-hybridized carbons (Fsp3) is 0.211. The van der Waals surface area contributed by atoms with Crippen molar-refractivity contribution in [2.75, 3.05) is 30.8 Å². The Morgan fingerprint density at radius 2 is 1.83 bits per heavy atom. The molecule has 0 aliphatic rings. The van der Waals surface area contributed by atoms with E-state index in [0.29, 0.717) is 35.6 Å². The van der Waals surface area contributed by atoms with Crippen LogP contribution in [0.4, 0.5) is 17.5 Å². The molecule has 2 aromatic heterocycles. The number of hydrogen-bond acceptors (Lipinski definition) is 8. The number of rotatable bonds is 9. The second-order valence-electron chi connectivity index (χ2n) is 6.15. The first-order chi connectivity index (χ1) is 14.4. The lowest BCUT2D eigenvalue weighted by atomic mass is 10.3. The monoisotopic (exact) mass is 448 g/mol. The Balaban J connectivity index is 1.58. The zero-order valence-electron chi connectivity index (χ0n) is 16.4. The van der Waals surface area contributed by atoms with Gasteiger partial charge in [0.1, 0.15) is 29.0 Å². The number of pyridine rings is 1. The molecule has 11 heteroatoms. The van der Waals surface area contributed by atoms with Crippen molar-refractivity contribution >= 4 is 39.1 Å². The Labute approximate surface area is 179 Å². The predicted octanol–water partition coefficient (Wildman–Crippen LogP) is 2.98. The van der Waals surface area contributed by atoms with E-state index in [2.05, 4.69) is 30.3 Å². The number of halogens is 1. The molecule has 0 saturated carbocycles. The van der Waals surface area contributed by atoms with E-state index in [0.717, 1.165) is 0 Å². The molecule has 0 aliphatic carbocycles. The number of sulfonamides is 1. The number of ether oxygens (including phenoxy) is 1. The van der Waals surface area contributed by atoms with Crippen LogP contribution in [-0.4, -0.2) is 43.6 Å². The van der Waals surface area contributed by atoms with Gasteiger partial charge in [0.2, 0.25) is 10.0 Å². The number of methoxy groups -OCH3 is 1. The molecule has 3 aromatic rings. The van der Waals surface area contributed by atoms with Crippen LogP contribution < -0.4 is 20.1 Å². The summed E-state index contributed by atoms with van der Waals surface area (Å²) in [6.07, 6.45) is 1.68. The minimum absolute atomic E-state index is 0.0630. The molecule has 0 aliphatic heterocycles. The highest BCUT2D eigenvalue weighted by Gasteiger charge is 2.15. The Hall–Kier alpha value is -2.95. The molecule has 158 valence electrons. The van der Waals surface area contributed by atoms with Crippen LogP contribution in [0.5, 0.6) is 5.75 Å². The van der Waals surface area contributed by atoms with Gasteiger partial charge in [-0.05, 0) is 37.3 Å². The second-order valence-corrected chi connectivity index (χ2v) is 8.32. The van der Waals surface area contributed by atoms with Crippen molar-refractivity contribution in [1.29, 1.82) is 0 Å². The Morgan fingerprint density at radius 1 is 1.03 bits per heavy atom. The number of aromatic nitrogens is 3. The third-order valence-corrected chi connectivity index (χ3v) is 5.67. The van der Waals surface area contributed by atoms with Gasteiger partial charge in [-0.2, -0.15) is 0 Å². The quantitative estimate of drug-likeness (QED) is 0.427. The lowest BCUT2D eigenvalue weighted by Crippen LogP contribution is -2.29. The van der Waals surface area contributed by atoms with E-state index in [1.54, 1.807) is 19.2 Å². The molecule has 2 heterocycles. The van der Waals surface area contributed by atoms with Crippen molar-refractivity contribution in [3.05, 3.63) is 59.5 Å². The first-order valence-electron chi connectivity index (χ1n) is 8.98. The lowest BCUT2D eigenvalue weighted by Gasteiger charge is -2.11. The van der Waals surface area contributed by atoms with E-state index >= 15 is 0 Å². The fourth-order valence-electron chi connectivity index (χ4n) is 2.56. The minimum Gasteiger partial charge on any atom is -0.495 e. The van der Waals surface area contributed by atoms with Crippen LogP contribution in [0, 0.1) is 6.92 Å². The standard InChI is InChI=1S/C19H21ClN6O3S/c1-13-24-18(12-19(25-13)26-17-5-3-4-8-21-17)22-9-10-23-30(27,28)14-6-7-16(29-2)15(20)11-14/h3-8,11-12,23H,9-10H2,1-2H3,(H2,21,22,24,25,26). The van der Waals surface area contributed by atoms with E-state index in [-0.39, 0.29) is 16.5 Å². The van der Waals surface area contributed by atoms with Crippen molar-refractivity contribution in [3.8, 4) is 5.75 Å². The molecule has 9 nitrogen and oxygen atoms in total. The molecule has 1 aromatic carbocycles.